The second kappa shape index (κ2) is 5.16. The highest BCUT2D eigenvalue weighted by Gasteiger charge is 2.43. The number of hydrogen-bond acceptors (Lipinski definition) is 2. The maximum absolute atomic E-state index is 12.4. The predicted octanol–water partition coefficient (Wildman–Crippen LogP) is 3.83. The molecule has 0 spiro atoms. The Labute approximate surface area is 121 Å². The maximum Gasteiger partial charge on any atom is 0.227 e. The van der Waals surface area contributed by atoms with E-state index in [2.05, 4.69) is 21.2 Å². The molecule has 2 fully saturated rings. The number of carbonyl (C=O) groups excluding carboxylic acids is 1. The number of benzene rings is 1. The second-order valence-electron chi connectivity index (χ2n) is 5.62. The van der Waals surface area contributed by atoms with Crippen LogP contribution in [0, 0.1) is 17.8 Å². The van der Waals surface area contributed by atoms with Crippen LogP contribution < -0.4 is 10.1 Å². The van der Waals surface area contributed by atoms with E-state index in [4.69, 9.17) is 4.74 Å². The molecule has 2 aliphatic rings. The summed E-state index contributed by atoms with van der Waals surface area (Å²) in [5.74, 6) is 2.44. The van der Waals surface area contributed by atoms with Crippen molar-refractivity contribution >= 4 is 27.5 Å². The lowest BCUT2D eigenvalue weighted by Crippen LogP contribution is -2.27. The molecule has 4 heteroatoms. The van der Waals surface area contributed by atoms with Gasteiger partial charge in [0, 0.05) is 10.4 Å². The summed E-state index contributed by atoms with van der Waals surface area (Å²) >= 11 is 3.42. The summed E-state index contributed by atoms with van der Waals surface area (Å²) in [5, 5.41) is 3.04. The third-order valence-electron chi connectivity index (χ3n) is 4.49. The molecule has 1 aromatic carbocycles. The van der Waals surface area contributed by atoms with Gasteiger partial charge in [0.1, 0.15) is 5.75 Å². The average Bonchev–Trinajstić information content (AvgIpc) is 3.01. The zero-order valence-corrected chi connectivity index (χ0v) is 12.6. The van der Waals surface area contributed by atoms with E-state index in [1.165, 1.54) is 19.3 Å². The van der Waals surface area contributed by atoms with Gasteiger partial charge in [-0.25, -0.2) is 0 Å². The Bertz CT molecular complexity index is 503. The Morgan fingerprint density at radius 2 is 2.21 bits per heavy atom. The first-order chi connectivity index (χ1) is 9.17. The molecule has 0 saturated heterocycles. The van der Waals surface area contributed by atoms with Gasteiger partial charge in [0.25, 0.3) is 0 Å². The van der Waals surface area contributed by atoms with Gasteiger partial charge in [-0.15, -0.1) is 0 Å². The molecular weight excluding hydrogens is 306 g/mol. The van der Waals surface area contributed by atoms with E-state index in [1.54, 1.807) is 7.11 Å². The van der Waals surface area contributed by atoms with Crippen LogP contribution in [-0.4, -0.2) is 13.0 Å². The lowest BCUT2D eigenvalue weighted by molar-refractivity contribution is -0.121. The zero-order valence-electron chi connectivity index (χ0n) is 11.0. The maximum atomic E-state index is 12.4. The van der Waals surface area contributed by atoms with E-state index in [1.807, 2.05) is 18.2 Å². The van der Waals surface area contributed by atoms with E-state index in [0.717, 1.165) is 22.5 Å². The molecule has 19 heavy (non-hydrogen) atoms. The van der Waals surface area contributed by atoms with E-state index in [-0.39, 0.29) is 11.8 Å². The molecule has 3 nitrogen and oxygen atoms in total. The van der Waals surface area contributed by atoms with Crippen LogP contribution in [0.5, 0.6) is 5.75 Å². The van der Waals surface area contributed by atoms with E-state index < -0.39 is 0 Å². The van der Waals surface area contributed by atoms with Gasteiger partial charge < -0.3 is 10.1 Å². The summed E-state index contributed by atoms with van der Waals surface area (Å²) < 4.78 is 6.23. The Balaban J connectivity index is 1.74. The van der Waals surface area contributed by atoms with Crippen LogP contribution in [-0.2, 0) is 4.79 Å². The van der Waals surface area contributed by atoms with Gasteiger partial charge in [0.15, 0.2) is 0 Å². The van der Waals surface area contributed by atoms with Gasteiger partial charge in [0.2, 0.25) is 5.91 Å². The first-order valence-electron chi connectivity index (χ1n) is 6.82. The summed E-state index contributed by atoms with van der Waals surface area (Å²) in [6, 6.07) is 5.66. The number of anilines is 1. The first kappa shape index (κ1) is 13.0. The second-order valence-corrected chi connectivity index (χ2v) is 6.53. The fourth-order valence-corrected chi connectivity index (χ4v) is 3.93. The summed E-state index contributed by atoms with van der Waals surface area (Å²) in [6.07, 6.45) is 4.84. The molecule has 1 aromatic rings. The number of amides is 1. The summed E-state index contributed by atoms with van der Waals surface area (Å²) in [4.78, 5) is 12.4. The number of ether oxygens (including phenoxy) is 1. The van der Waals surface area contributed by atoms with Crippen LogP contribution in [0.4, 0.5) is 5.69 Å². The molecule has 3 rings (SSSR count). The standard InChI is InChI=1S/C15H18BrNO2/c1-19-14-5-4-11(16)8-13(14)17-15(18)12-7-9-2-3-10(12)6-9/h4-5,8-10,12H,2-3,6-7H2,1H3,(H,17,18). The number of fused-ring (bicyclic) bond motifs is 2. The van der Waals surface area contributed by atoms with Crippen molar-refractivity contribution in [3.8, 4) is 5.75 Å². The van der Waals surface area contributed by atoms with Crippen LogP contribution in [0.1, 0.15) is 25.7 Å². The van der Waals surface area contributed by atoms with Crippen molar-refractivity contribution in [2.45, 2.75) is 25.7 Å². The van der Waals surface area contributed by atoms with E-state index in [9.17, 15) is 4.79 Å². The lowest BCUT2D eigenvalue weighted by Gasteiger charge is -2.21. The Morgan fingerprint density at radius 3 is 2.84 bits per heavy atom. The monoisotopic (exact) mass is 323 g/mol. The molecule has 1 N–H and O–H groups in total. The minimum atomic E-state index is 0.156. The van der Waals surface area contributed by atoms with Crippen molar-refractivity contribution in [1.82, 2.24) is 0 Å². The molecule has 3 unspecified atom stereocenters. The quantitative estimate of drug-likeness (QED) is 0.917. The number of nitrogens with one attached hydrogen (secondary N) is 1. The predicted molar refractivity (Wildman–Crippen MR) is 78.3 cm³/mol. The molecule has 0 radical (unpaired) electrons. The number of rotatable bonds is 3. The van der Waals surface area contributed by atoms with Gasteiger partial charge in [-0.2, -0.15) is 0 Å². The van der Waals surface area contributed by atoms with Gasteiger partial charge in [-0.1, -0.05) is 22.4 Å². The van der Waals surface area contributed by atoms with Crippen LogP contribution in [0.2, 0.25) is 0 Å². The molecule has 0 aliphatic heterocycles. The zero-order chi connectivity index (χ0) is 13.4. The number of carbonyl (C=O) groups is 1. The highest BCUT2D eigenvalue weighted by Crippen LogP contribution is 2.48. The molecular formula is C15H18BrNO2. The molecule has 2 saturated carbocycles. The van der Waals surface area contributed by atoms with Gasteiger partial charge in [0.05, 0.1) is 12.8 Å². The Morgan fingerprint density at radius 1 is 1.37 bits per heavy atom. The lowest BCUT2D eigenvalue weighted by atomic mass is 9.88. The highest BCUT2D eigenvalue weighted by molar-refractivity contribution is 9.10. The van der Waals surface area contributed by atoms with Crippen LogP contribution in [0.3, 0.4) is 0 Å². The van der Waals surface area contributed by atoms with Crippen LogP contribution in [0.15, 0.2) is 22.7 Å². The number of hydrogen-bond donors (Lipinski definition) is 1. The largest absolute Gasteiger partial charge is 0.495 e. The first-order valence-corrected chi connectivity index (χ1v) is 7.61. The summed E-state index contributed by atoms with van der Waals surface area (Å²) in [6.45, 7) is 0. The Kier molecular flexibility index (Phi) is 3.52. The van der Waals surface area contributed by atoms with Crippen molar-refractivity contribution in [3.05, 3.63) is 22.7 Å². The summed E-state index contributed by atoms with van der Waals surface area (Å²) in [7, 11) is 1.62. The van der Waals surface area contributed by atoms with Crippen LogP contribution >= 0.6 is 15.9 Å². The molecule has 3 atom stereocenters. The summed E-state index contributed by atoms with van der Waals surface area (Å²) in [5.41, 5.74) is 0.754. The Hall–Kier alpha value is -1.03. The molecule has 1 amide bonds. The van der Waals surface area contributed by atoms with Gasteiger partial charge >= 0.3 is 0 Å². The smallest absolute Gasteiger partial charge is 0.227 e. The average molecular weight is 324 g/mol. The van der Waals surface area contributed by atoms with Crippen molar-refractivity contribution in [2.24, 2.45) is 17.8 Å². The molecule has 2 bridgehead atoms. The molecule has 102 valence electrons. The van der Waals surface area contributed by atoms with Crippen molar-refractivity contribution in [1.29, 1.82) is 0 Å². The SMILES string of the molecule is COc1ccc(Br)cc1NC(=O)C1CC2CCC1C2. The van der Waals surface area contributed by atoms with Crippen LogP contribution in [0.25, 0.3) is 0 Å². The minimum absolute atomic E-state index is 0.156. The van der Waals surface area contributed by atoms with Gasteiger partial charge in [-0.3, -0.25) is 4.79 Å². The fourth-order valence-electron chi connectivity index (χ4n) is 3.57. The minimum Gasteiger partial charge on any atom is -0.495 e. The van der Waals surface area contributed by atoms with Crippen molar-refractivity contribution in [2.75, 3.05) is 12.4 Å². The topological polar surface area (TPSA) is 38.3 Å². The third-order valence-corrected chi connectivity index (χ3v) is 4.99. The molecule has 0 heterocycles. The van der Waals surface area contributed by atoms with Crippen molar-refractivity contribution in [3.63, 3.8) is 0 Å². The normalized spacial score (nSPS) is 28.4. The highest BCUT2D eigenvalue weighted by atomic mass is 79.9. The molecule has 2 aliphatic carbocycles. The third kappa shape index (κ3) is 2.50. The van der Waals surface area contributed by atoms with E-state index >= 15 is 0 Å². The number of halogens is 1. The van der Waals surface area contributed by atoms with Gasteiger partial charge in [-0.05, 0) is 49.3 Å². The van der Waals surface area contributed by atoms with Crippen molar-refractivity contribution < 1.29 is 9.53 Å². The fraction of sp³-hybridized carbons (Fsp3) is 0.533. The number of methoxy groups -OCH3 is 1. The van der Waals surface area contributed by atoms with E-state index in [0.29, 0.717) is 11.7 Å². The molecule has 0 aromatic heterocycles.